The van der Waals surface area contributed by atoms with Gasteiger partial charge in [0.1, 0.15) is 29.7 Å². The molecule has 3 rings (SSSR count). The maximum Gasteiger partial charge on any atom is 0.167 e. The van der Waals surface area contributed by atoms with Crippen LogP contribution in [0.1, 0.15) is 19.0 Å². The van der Waals surface area contributed by atoms with Gasteiger partial charge in [0.25, 0.3) is 0 Å². The molecule has 9 heteroatoms. The summed E-state index contributed by atoms with van der Waals surface area (Å²) in [5.41, 5.74) is 6.67. The number of aliphatic hydroxyl groups is 3. The lowest BCUT2D eigenvalue weighted by Crippen LogP contribution is -2.33. The van der Waals surface area contributed by atoms with Crippen molar-refractivity contribution in [3.05, 3.63) is 12.2 Å². The molecule has 3 heterocycles. The molecule has 0 aromatic carbocycles. The quantitative estimate of drug-likeness (QED) is 0.541. The lowest BCUT2D eigenvalue weighted by Gasteiger charge is -2.16. The van der Waals surface area contributed by atoms with Gasteiger partial charge in [0, 0.05) is 6.42 Å². The Morgan fingerprint density at radius 1 is 1.33 bits per heavy atom. The molecule has 0 bridgehead atoms. The van der Waals surface area contributed by atoms with Crippen molar-refractivity contribution < 1.29 is 20.1 Å². The van der Waals surface area contributed by atoms with Crippen molar-refractivity contribution in [1.82, 2.24) is 19.5 Å². The van der Waals surface area contributed by atoms with Crippen molar-refractivity contribution in [2.45, 2.75) is 37.9 Å². The number of hydrogen-bond donors (Lipinski definition) is 4. The number of aromatic nitrogens is 4. The second-order valence-electron chi connectivity index (χ2n) is 4.93. The summed E-state index contributed by atoms with van der Waals surface area (Å²) in [6.45, 7) is 1.51. The highest BCUT2D eigenvalue weighted by atomic mass is 16.6. The summed E-state index contributed by atoms with van der Waals surface area (Å²) in [5, 5.41) is 29.0. The number of fused-ring (bicyclic) bond motifs is 1. The minimum atomic E-state index is -1.19. The molecule has 0 saturated carbocycles. The molecule has 5 N–H and O–H groups in total. The highest BCUT2D eigenvalue weighted by Gasteiger charge is 2.44. The smallest absolute Gasteiger partial charge is 0.167 e. The molecule has 1 fully saturated rings. The number of imidazole rings is 1. The van der Waals surface area contributed by atoms with E-state index in [0.717, 1.165) is 0 Å². The number of anilines is 1. The fourth-order valence-electron chi connectivity index (χ4n) is 2.44. The first-order valence-corrected chi connectivity index (χ1v) is 6.68. The average Bonchev–Trinajstić information content (AvgIpc) is 3.02. The molecule has 1 saturated heterocycles. The third kappa shape index (κ3) is 2.14. The standard InChI is InChI=1S/C12H17N5O4/c1-2-6-15-10(13)7-11(16-6)17(4-14-7)12-9(20)8(19)5(3-18)21-12/h4-5,8-9,12,18-20H,2-3H2,1H3,(H2,13,15,16)/t5-,8-,9+,12-/m1/s1. The van der Waals surface area contributed by atoms with Gasteiger partial charge in [0.2, 0.25) is 0 Å². The SMILES string of the molecule is CCc1nc(N)c2ncn([C@@H]3O[C@H](CO)[C@@H](O)[C@@H]3O)c2n1. The molecular formula is C12H17N5O4. The Kier molecular flexibility index (Phi) is 3.49. The van der Waals surface area contributed by atoms with Gasteiger partial charge in [-0.15, -0.1) is 0 Å². The van der Waals surface area contributed by atoms with Crippen molar-refractivity contribution in [3.63, 3.8) is 0 Å². The van der Waals surface area contributed by atoms with Gasteiger partial charge in [-0.05, 0) is 0 Å². The van der Waals surface area contributed by atoms with E-state index in [1.165, 1.54) is 10.9 Å². The molecule has 9 nitrogen and oxygen atoms in total. The lowest BCUT2D eigenvalue weighted by molar-refractivity contribution is -0.0511. The highest BCUT2D eigenvalue weighted by molar-refractivity contribution is 5.81. The van der Waals surface area contributed by atoms with E-state index in [0.29, 0.717) is 23.4 Å². The zero-order valence-corrected chi connectivity index (χ0v) is 11.4. The molecule has 0 aliphatic carbocycles. The summed E-state index contributed by atoms with van der Waals surface area (Å²) in [5.74, 6) is 0.802. The second-order valence-corrected chi connectivity index (χ2v) is 4.93. The monoisotopic (exact) mass is 295 g/mol. The molecule has 114 valence electrons. The van der Waals surface area contributed by atoms with Crippen LogP contribution in [0.4, 0.5) is 5.82 Å². The molecule has 2 aromatic rings. The predicted molar refractivity (Wildman–Crippen MR) is 72.1 cm³/mol. The number of ether oxygens (including phenoxy) is 1. The minimum absolute atomic E-state index is 0.252. The first kappa shape index (κ1) is 14.1. The van der Waals surface area contributed by atoms with E-state index in [1.807, 2.05) is 6.92 Å². The maximum atomic E-state index is 10.1. The van der Waals surface area contributed by atoms with Crippen LogP contribution in [0, 0.1) is 0 Å². The summed E-state index contributed by atoms with van der Waals surface area (Å²) in [7, 11) is 0. The molecule has 1 aliphatic heterocycles. The van der Waals surface area contributed by atoms with Crippen molar-refractivity contribution in [1.29, 1.82) is 0 Å². The predicted octanol–water partition coefficient (Wildman–Crippen LogP) is -1.42. The average molecular weight is 295 g/mol. The largest absolute Gasteiger partial charge is 0.394 e. The van der Waals surface area contributed by atoms with E-state index in [2.05, 4.69) is 15.0 Å². The number of nitrogens with two attached hydrogens (primary N) is 1. The van der Waals surface area contributed by atoms with E-state index in [-0.39, 0.29) is 5.82 Å². The van der Waals surface area contributed by atoms with Gasteiger partial charge < -0.3 is 25.8 Å². The van der Waals surface area contributed by atoms with Crippen LogP contribution in [-0.2, 0) is 11.2 Å². The minimum Gasteiger partial charge on any atom is -0.394 e. The van der Waals surface area contributed by atoms with Gasteiger partial charge in [-0.25, -0.2) is 15.0 Å². The molecule has 2 aromatic heterocycles. The van der Waals surface area contributed by atoms with E-state index in [1.54, 1.807) is 0 Å². The molecule has 4 atom stereocenters. The zero-order valence-electron chi connectivity index (χ0n) is 11.4. The first-order valence-electron chi connectivity index (χ1n) is 6.68. The molecule has 0 radical (unpaired) electrons. The zero-order chi connectivity index (χ0) is 15.1. The Morgan fingerprint density at radius 2 is 2.10 bits per heavy atom. The van der Waals surface area contributed by atoms with Crippen molar-refractivity contribution in [2.24, 2.45) is 0 Å². The molecule has 0 unspecified atom stereocenters. The Hall–Kier alpha value is -1.81. The molecule has 0 spiro atoms. The van der Waals surface area contributed by atoms with E-state index in [9.17, 15) is 10.2 Å². The van der Waals surface area contributed by atoms with E-state index >= 15 is 0 Å². The number of nitrogen functional groups attached to an aromatic ring is 1. The van der Waals surface area contributed by atoms with Gasteiger partial charge in [-0.2, -0.15) is 0 Å². The van der Waals surface area contributed by atoms with Crippen LogP contribution in [0.2, 0.25) is 0 Å². The van der Waals surface area contributed by atoms with Crippen LogP contribution in [0.15, 0.2) is 6.33 Å². The molecule has 0 amide bonds. The topological polar surface area (TPSA) is 140 Å². The summed E-state index contributed by atoms with van der Waals surface area (Å²) < 4.78 is 6.97. The summed E-state index contributed by atoms with van der Waals surface area (Å²) >= 11 is 0. The van der Waals surface area contributed by atoms with Crippen molar-refractivity contribution in [2.75, 3.05) is 12.3 Å². The van der Waals surface area contributed by atoms with Crippen LogP contribution >= 0.6 is 0 Å². The molecule has 1 aliphatic rings. The fraction of sp³-hybridized carbons (Fsp3) is 0.583. The van der Waals surface area contributed by atoms with Gasteiger partial charge in [0.15, 0.2) is 17.7 Å². The van der Waals surface area contributed by atoms with Gasteiger partial charge in [-0.3, -0.25) is 4.57 Å². The summed E-state index contributed by atoms with van der Waals surface area (Å²) in [4.78, 5) is 12.6. The molecular weight excluding hydrogens is 278 g/mol. The van der Waals surface area contributed by atoms with Crippen molar-refractivity contribution in [3.8, 4) is 0 Å². The van der Waals surface area contributed by atoms with Crippen molar-refractivity contribution >= 4 is 17.0 Å². The maximum absolute atomic E-state index is 10.1. The van der Waals surface area contributed by atoms with E-state index < -0.39 is 31.1 Å². The van der Waals surface area contributed by atoms with Crippen LogP contribution in [-0.4, -0.2) is 59.8 Å². The second kappa shape index (κ2) is 5.19. The van der Waals surface area contributed by atoms with Crippen LogP contribution in [0.5, 0.6) is 0 Å². The summed E-state index contributed by atoms with van der Waals surface area (Å²) in [6, 6.07) is 0. The number of hydrogen-bond acceptors (Lipinski definition) is 8. The Labute approximate surface area is 120 Å². The van der Waals surface area contributed by atoms with Gasteiger partial charge in [-0.1, -0.05) is 6.92 Å². The van der Waals surface area contributed by atoms with Gasteiger partial charge in [0.05, 0.1) is 12.9 Å². The number of aliphatic hydroxyl groups excluding tert-OH is 3. The van der Waals surface area contributed by atoms with Crippen LogP contribution in [0.25, 0.3) is 11.2 Å². The number of aryl methyl sites for hydroxylation is 1. The number of nitrogens with zero attached hydrogens (tertiary/aromatic N) is 4. The fourth-order valence-corrected chi connectivity index (χ4v) is 2.44. The Morgan fingerprint density at radius 3 is 2.71 bits per heavy atom. The third-order valence-corrected chi connectivity index (χ3v) is 3.60. The normalized spacial score (nSPS) is 29.3. The molecule has 21 heavy (non-hydrogen) atoms. The van der Waals surface area contributed by atoms with Crippen LogP contribution < -0.4 is 5.73 Å². The lowest BCUT2D eigenvalue weighted by atomic mass is 10.1. The third-order valence-electron chi connectivity index (χ3n) is 3.60. The summed E-state index contributed by atoms with van der Waals surface area (Å²) in [6.07, 6.45) is -2.09. The Bertz CT molecular complexity index is 660. The first-order chi connectivity index (χ1) is 10.1. The highest BCUT2D eigenvalue weighted by Crippen LogP contribution is 2.31. The number of rotatable bonds is 3. The van der Waals surface area contributed by atoms with Crippen LogP contribution in [0.3, 0.4) is 0 Å². The van der Waals surface area contributed by atoms with E-state index in [4.69, 9.17) is 15.6 Å². The Balaban J connectivity index is 2.07. The van der Waals surface area contributed by atoms with Gasteiger partial charge >= 0.3 is 0 Å².